The first-order valence-electron chi connectivity index (χ1n) is 6.07. The van der Waals surface area contributed by atoms with Gasteiger partial charge in [0.05, 0.1) is 5.56 Å². The van der Waals surface area contributed by atoms with Gasteiger partial charge in [-0.2, -0.15) is 0 Å². The average Bonchev–Trinajstić information content (AvgIpc) is 2.38. The maximum absolute atomic E-state index is 13.4. The quantitative estimate of drug-likeness (QED) is 0.881. The highest BCUT2D eigenvalue weighted by atomic mass is 19.1. The van der Waals surface area contributed by atoms with Crippen molar-refractivity contribution in [1.82, 2.24) is 0 Å². The third-order valence-electron chi connectivity index (χ3n) is 2.83. The molecule has 3 nitrogen and oxygen atoms in total. The van der Waals surface area contributed by atoms with Crippen molar-refractivity contribution in [1.29, 1.82) is 0 Å². The zero-order valence-electron chi connectivity index (χ0n) is 10.6. The Labute approximate surface area is 114 Å². The Morgan fingerprint density at radius 1 is 1.15 bits per heavy atom. The molecule has 2 rings (SSSR count). The standard InChI is InChI=1S/C15H13F2NO2/c16-11-3-1-2-10(8-11)6-7-18-12-4-5-13(15(19)20)14(17)9-12/h1-5,8-9,18H,6-7H2,(H,19,20). The minimum atomic E-state index is -1.30. The summed E-state index contributed by atoms with van der Waals surface area (Å²) in [5.74, 6) is -2.37. The van der Waals surface area contributed by atoms with Gasteiger partial charge in [-0.1, -0.05) is 12.1 Å². The van der Waals surface area contributed by atoms with Crippen molar-refractivity contribution in [2.24, 2.45) is 0 Å². The Morgan fingerprint density at radius 3 is 2.60 bits per heavy atom. The number of carboxylic acid groups (broad SMARTS) is 1. The van der Waals surface area contributed by atoms with Gasteiger partial charge in [0.2, 0.25) is 0 Å². The Bertz CT molecular complexity index is 629. The summed E-state index contributed by atoms with van der Waals surface area (Å²) >= 11 is 0. The molecule has 0 amide bonds. The highest BCUT2D eigenvalue weighted by Crippen LogP contribution is 2.15. The zero-order valence-corrected chi connectivity index (χ0v) is 10.6. The Balaban J connectivity index is 1.94. The van der Waals surface area contributed by atoms with Gasteiger partial charge in [-0.25, -0.2) is 13.6 Å². The van der Waals surface area contributed by atoms with Crippen LogP contribution >= 0.6 is 0 Å². The molecule has 5 heteroatoms. The molecule has 0 aliphatic rings. The monoisotopic (exact) mass is 277 g/mol. The fourth-order valence-corrected chi connectivity index (χ4v) is 1.84. The maximum atomic E-state index is 13.4. The van der Waals surface area contributed by atoms with Gasteiger partial charge in [0.25, 0.3) is 0 Å². The molecule has 2 N–H and O–H groups in total. The van der Waals surface area contributed by atoms with Crippen LogP contribution in [0.1, 0.15) is 15.9 Å². The molecule has 0 unspecified atom stereocenters. The van der Waals surface area contributed by atoms with E-state index in [0.29, 0.717) is 18.7 Å². The summed E-state index contributed by atoms with van der Waals surface area (Å²) in [6.45, 7) is 0.495. The van der Waals surface area contributed by atoms with E-state index in [0.717, 1.165) is 11.6 Å². The summed E-state index contributed by atoms with van der Waals surface area (Å²) in [6, 6.07) is 10.1. The zero-order chi connectivity index (χ0) is 14.5. The molecule has 0 aromatic heterocycles. The van der Waals surface area contributed by atoms with E-state index in [9.17, 15) is 13.6 Å². The van der Waals surface area contributed by atoms with Crippen molar-refractivity contribution in [2.75, 3.05) is 11.9 Å². The number of rotatable bonds is 5. The first-order valence-corrected chi connectivity index (χ1v) is 6.07. The number of carbonyl (C=O) groups is 1. The van der Waals surface area contributed by atoms with Crippen LogP contribution in [0.15, 0.2) is 42.5 Å². The van der Waals surface area contributed by atoms with Crippen molar-refractivity contribution >= 4 is 11.7 Å². The first kappa shape index (κ1) is 14.0. The predicted octanol–water partition coefficient (Wildman–Crippen LogP) is 3.32. The number of benzene rings is 2. The number of halogens is 2. The Hall–Kier alpha value is -2.43. The summed E-state index contributed by atoms with van der Waals surface area (Å²) in [5, 5.41) is 11.7. The molecule has 0 aliphatic carbocycles. The van der Waals surface area contributed by atoms with Crippen LogP contribution in [0.2, 0.25) is 0 Å². The molecule has 2 aromatic rings. The van der Waals surface area contributed by atoms with Gasteiger partial charge in [0.15, 0.2) is 0 Å². The van der Waals surface area contributed by atoms with E-state index in [1.807, 2.05) is 0 Å². The van der Waals surface area contributed by atoms with E-state index in [1.165, 1.54) is 24.3 Å². The molecule has 0 spiro atoms. The van der Waals surface area contributed by atoms with Crippen LogP contribution in [0.4, 0.5) is 14.5 Å². The summed E-state index contributed by atoms with van der Waals surface area (Å²) in [6.07, 6.45) is 0.583. The topological polar surface area (TPSA) is 49.3 Å². The molecule has 0 saturated carbocycles. The molecule has 0 heterocycles. The highest BCUT2D eigenvalue weighted by Gasteiger charge is 2.09. The van der Waals surface area contributed by atoms with Gasteiger partial charge in [-0.15, -0.1) is 0 Å². The van der Waals surface area contributed by atoms with Gasteiger partial charge in [0.1, 0.15) is 11.6 Å². The van der Waals surface area contributed by atoms with Gasteiger partial charge in [-0.05, 0) is 42.3 Å². The molecule has 0 fully saturated rings. The molecular weight excluding hydrogens is 264 g/mol. The van der Waals surface area contributed by atoms with E-state index in [4.69, 9.17) is 5.11 Å². The van der Waals surface area contributed by atoms with E-state index < -0.39 is 11.8 Å². The lowest BCUT2D eigenvalue weighted by Gasteiger charge is -2.07. The van der Waals surface area contributed by atoms with E-state index in [2.05, 4.69) is 5.32 Å². The highest BCUT2D eigenvalue weighted by molar-refractivity contribution is 5.88. The van der Waals surface area contributed by atoms with E-state index >= 15 is 0 Å². The third kappa shape index (κ3) is 3.54. The molecule has 0 atom stereocenters. The number of carboxylic acids is 1. The molecule has 104 valence electrons. The lowest BCUT2D eigenvalue weighted by Crippen LogP contribution is -2.07. The van der Waals surface area contributed by atoms with Crippen molar-refractivity contribution in [3.8, 4) is 0 Å². The van der Waals surface area contributed by atoms with E-state index in [-0.39, 0.29) is 11.4 Å². The largest absolute Gasteiger partial charge is 0.478 e. The fourth-order valence-electron chi connectivity index (χ4n) is 1.84. The van der Waals surface area contributed by atoms with Crippen LogP contribution in [0, 0.1) is 11.6 Å². The number of nitrogens with one attached hydrogen (secondary N) is 1. The average molecular weight is 277 g/mol. The molecule has 2 aromatic carbocycles. The Kier molecular flexibility index (Phi) is 4.30. The maximum Gasteiger partial charge on any atom is 0.338 e. The molecule has 0 bridgehead atoms. The number of hydrogen-bond donors (Lipinski definition) is 2. The second-order valence-electron chi connectivity index (χ2n) is 4.31. The number of aromatic carboxylic acids is 1. The smallest absolute Gasteiger partial charge is 0.338 e. The normalized spacial score (nSPS) is 10.3. The second kappa shape index (κ2) is 6.14. The van der Waals surface area contributed by atoms with Gasteiger partial charge in [0, 0.05) is 12.2 Å². The molecule has 0 radical (unpaired) electrons. The summed E-state index contributed by atoms with van der Waals surface area (Å²) in [7, 11) is 0. The minimum Gasteiger partial charge on any atom is -0.478 e. The van der Waals surface area contributed by atoms with Crippen molar-refractivity contribution in [3.05, 3.63) is 65.2 Å². The SMILES string of the molecule is O=C(O)c1ccc(NCCc2cccc(F)c2)cc1F. The van der Waals surface area contributed by atoms with Crippen LogP contribution in [0.3, 0.4) is 0 Å². The molecule has 0 saturated heterocycles. The van der Waals surface area contributed by atoms with Gasteiger partial charge < -0.3 is 10.4 Å². The van der Waals surface area contributed by atoms with E-state index in [1.54, 1.807) is 12.1 Å². The van der Waals surface area contributed by atoms with Crippen LogP contribution in [0.25, 0.3) is 0 Å². The summed E-state index contributed by atoms with van der Waals surface area (Å²) in [5.41, 5.74) is 0.963. The fraction of sp³-hybridized carbons (Fsp3) is 0.133. The predicted molar refractivity (Wildman–Crippen MR) is 72.0 cm³/mol. The van der Waals surface area contributed by atoms with Crippen molar-refractivity contribution < 1.29 is 18.7 Å². The molecule has 20 heavy (non-hydrogen) atoms. The number of hydrogen-bond acceptors (Lipinski definition) is 2. The lowest BCUT2D eigenvalue weighted by molar-refractivity contribution is 0.0692. The second-order valence-corrected chi connectivity index (χ2v) is 4.31. The van der Waals surface area contributed by atoms with Crippen molar-refractivity contribution in [2.45, 2.75) is 6.42 Å². The van der Waals surface area contributed by atoms with Gasteiger partial charge in [-0.3, -0.25) is 0 Å². The molecule has 0 aliphatic heterocycles. The van der Waals surface area contributed by atoms with Crippen LogP contribution in [-0.4, -0.2) is 17.6 Å². The summed E-state index contributed by atoms with van der Waals surface area (Å²) in [4.78, 5) is 10.7. The van der Waals surface area contributed by atoms with Crippen LogP contribution < -0.4 is 5.32 Å². The molecular formula is C15H13F2NO2. The third-order valence-corrected chi connectivity index (χ3v) is 2.83. The van der Waals surface area contributed by atoms with Gasteiger partial charge >= 0.3 is 5.97 Å². The van der Waals surface area contributed by atoms with Crippen LogP contribution in [0.5, 0.6) is 0 Å². The van der Waals surface area contributed by atoms with Crippen LogP contribution in [-0.2, 0) is 6.42 Å². The minimum absolute atomic E-state index is 0.292. The van der Waals surface area contributed by atoms with Crippen molar-refractivity contribution in [3.63, 3.8) is 0 Å². The Morgan fingerprint density at radius 2 is 1.95 bits per heavy atom. The lowest BCUT2D eigenvalue weighted by atomic mass is 10.1. The first-order chi connectivity index (χ1) is 9.56. The summed E-state index contributed by atoms with van der Waals surface area (Å²) < 4.78 is 26.4. The number of anilines is 1.